The molecule has 0 saturated heterocycles. The van der Waals surface area contributed by atoms with Crippen LogP contribution in [0.25, 0.3) is 10.4 Å². The minimum Gasteiger partial charge on any atom is -0.497 e. The van der Waals surface area contributed by atoms with Crippen molar-refractivity contribution in [3.05, 3.63) is 99.9 Å². The average Bonchev–Trinajstić information content (AvgIpc) is 3.33. The monoisotopic (exact) mass is 500 g/mol. The first kappa shape index (κ1) is 24.5. The van der Waals surface area contributed by atoms with Crippen LogP contribution in [0, 0.1) is 5.92 Å². The zero-order chi connectivity index (χ0) is 26.4. The molecule has 1 aliphatic heterocycles. The predicted molar refractivity (Wildman–Crippen MR) is 136 cm³/mol. The molecule has 0 spiro atoms. The number of hydrogen-bond donors (Lipinski definition) is 1. The highest BCUT2D eigenvalue weighted by Crippen LogP contribution is 2.70. The fourth-order valence-corrected chi connectivity index (χ4v) is 6.09. The molecule has 0 radical (unpaired) electrons. The van der Waals surface area contributed by atoms with Crippen LogP contribution in [-0.4, -0.2) is 50.3 Å². The zero-order valence-electron chi connectivity index (χ0n) is 21.0. The van der Waals surface area contributed by atoms with E-state index in [2.05, 4.69) is 10.0 Å². The molecule has 9 heteroatoms. The van der Waals surface area contributed by atoms with E-state index >= 15 is 0 Å². The molecule has 1 amide bonds. The van der Waals surface area contributed by atoms with E-state index in [1.807, 2.05) is 42.5 Å². The number of ether oxygens (including phenoxy) is 3. The third kappa shape index (κ3) is 3.28. The van der Waals surface area contributed by atoms with Gasteiger partial charge in [0.1, 0.15) is 22.8 Å². The quantitative estimate of drug-likeness (QED) is 0.307. The first-order valence-corrected chi connectivity index (χ1v) is 11.9. The van der Waals surface area contributed by atoms with E-state index in [-0.39, 0.29) is 5.91 Å². The highest BCUT2D eigenvalue weighted by atomic mass is 16.5. The number of hydrogen-bond acceptors (Lipinski definition) is 6. The SMILES string of the molecule is COc1ccc([C@@]23Oc4cc(OC)ccc4C2(N=[N+]=[N-])[C@H](O)[C@H](C(=O)N(C)C)[C@H]3c2ccccc2)cc1. The third-order valence-corrected chi connectivity index (χ3v) is 7.61. The molecule has 0 bridgehead atoms. The van der Waals surface area contributed by atoms with E-state index in [4.69, 9.17) is 14.2 Å². The number of amides is 1. The van der Waals surface area contributed by atoms with Gasteiger partial charge in [-0.05, 0) is 34.9 Å². The van der Waals surface area contributed by atoms with Gasteiger partial charge in [-0.2, -0.15) is 0 Å². The maximum Gasteiger partial charge on any atom is 0.228 e. The Morgan fingerprint density at radius 2 is 1.68 bits per heavy atom. The summed E-state index contributed by atoms with van der Waals surface area (Å²) < 4.78 is 17.7. The van der Waals surface area contributed by atoms with Crippen molar-refractivity contribution >= 4 is 5.91 Å². The van der Waals surface area contributed by atoms with Crippen LogP contribution in [0.15, 0.2) is 77.9 Å². The fraction of sp³-hybridized carbons (Fsp3) is 0.321. The van der Waals surface area contributed by atoms with Gasteiger partial charge in [-0.3, -0.25) is 4.79 Å². The standard InChI is InChI=1S/C28H28N4O5/c1-32(2)26(34)23-24(17-8-6-5-7-9-17)28(18-10-12-19(35-3)13-11-18)27(25(23)33,30-31-29)21-15-14-20(36-4)16-22(21)37-28/h5-16,23-25,33H,1-4H3/t23-,24-,25-,27?,28+/m1/s1. The number of fused-ring (bicyclic) bond motifs is 3. The second kappa shape index (κ2) is 9.03. The third-order valence-electron chi connectivity index (χ3n) is 7.61. The van der Waals surface area contributed by atoms with Crippen molar-refractivity contribution in [3.8, 4) is 17.2 Å². The number of carbonyl (C=O) groups excluding carboxylic acids is 1. The summed E-state index contributed by atoms with van der Waals surface area (Å²) in [5, 5.41) is 16.5. The van der Waals surface area contributed by atoms with Gasteiger partial charge in [0.2, 0.25) is 5.91 Å². The molecule has 1 fully saturated rings. The van der Waals surface area contributed by atoms with E-state index in [1.165, 1.54) is 4.90 Å². The fourth-order valence-electron chi connectivity index (χ4n) is 6.09. The van der Waals surface area contributed by atoms with Crippen molar-refractivity contribution in [2.24, 2.45) is 11.0 Å². The lowest BCUT2D eigenvalue weighted by atomic mass is 9.69. The Hall–Kier alpha value is -4.20. The molecular weight excluding hydrogens is 472 g/mol. The predicted octanol–water partition coefficient (Wildman–Crippen LogP) is 4.36. The highest BCUT2D eigenvalue weighted by Gasteiger charge is 2.77. The van der Waals surface area contributed by atoms with E-state index in [0.717, 1.165) is 5.56 Å². The summed E-state index contributed by atoms with van der Waals surface area (Å²) in [4.78, 5) is 18.4. The van der Waals surface area contributed by atoms with E-state index < -0.39 is 29.1 Å². The number of aliphatic hydroxyl groups excluding tert-OH is 1. The Bertz CT molecular complexity index is 1370. The summed E-state index contributed by atoms with van der Waals surface area (Å²) in [7, 11) is 6.41. The molecule has 9 nitrogen and oxygen atoms in total. The molecule has 2 aliphatic rings. The number of nitrogens with zero attached hydrogens (tertiary/aromatic N) is 4. The average molecular weight is 501 g/mol. The lowest BCUT2D eigenvalue weighted by Crippen LogP contribution is -2.50. The number of carbonyl (C=O) groups is 1. The number of benzene rings is 3. The minimum atomic E-state index is -1.66. The van der Waals surface area contributed by atoms with Crippen molar-refractivity contribution in [2.75, 3.05) is 28.3 Å². The van der Waals surface area contributed by atoms with Gasteiger partial charge in [-0.1, -0.05) is 53.6 Å². The first-order valence-electron chi connectivity index (χ1n) is 11.9. The van der Waals surface area contributed by atoms with E-state index in [0.29, 0.717) is 28.4 Å². The van der Waals surface area contributed by atoms with Gasteiger partial charge in [0.15, 0.2) is 5.60 Å². The Kier molecular flexibility index (Phi) is 5.98. The second-order valence-corrected chi connectivity index (χ2v) is 9.48. The molecule has 1 heterocycles. The largest absolute Gasteiger partial charge is 0.497 e. The second-order valence-electron chi connectivity index (χ2n) is 9.48. The Morgan fingerprint density at radius 3 is 2.27 bits per heavy atom. The van der Waals surface area contributed by atoms with Crippen molar-refractivity contribution < 1.29 is 24.1 Å². The number of aliphatic hydroxyl groups is 1. The molecule has 5 rings (SSSR count). The highest BCUT2D eigenvalue weighted by molar-refractivity contribution is 5.83. The van der Waals surface area contributed by atoms with Gasteiger partial charge in [0.25, 0.3) is 0 Å². The van der Waals surface area contributed by atoms with Gasteiger partial charge in [-0.25, -0.2) is 0 Å². The number of methoxy groups -OCH3 is 2. The van der Waals surface area contributed by atoms with Gasteiger partial charge < -0.3 is 24.2 Å². The van der Waals surface area contributed by atoms with E-state index in [9.17, 15) is 15.4 Å². The van der Waals surface area contributed by atoms with Gasteiger partial charge >= 0.3 is 0 Å². The van der Waals surface area contributed by atoms with Crippen molar-refractivity contribution in [3.63, 3.8) is 0 Å². The van der Waals surface area contributed by atoms with Gasteiger partial charge in [-0.15, -0.1) is 0 Å². The van der Waals surface area contributed by atoms with Gasteiger partial charge in [0.05, 0.1) is 26.2 Å². The van der Waals surface area contributed by atoms with Crippen LogP contribution in [0.4, 0.5) is 0 Å². The molecule has 1 unspecified atom stereocenters. The zero-order valence-corrected chi connectivity index (χ0v) is 21.0. The normalized spacial score (nSPS) is 27.3. The van der Waals surface area contributed by atoms with Crippen LogP contribution in [0.5, 0.6) is 17.2 Å². The summed E-state index contributed by atoms with van der Waals surface area (Å²) in [6, 6.07) is 21.8. The minimum absolute atomic E-state index is 0.296. The van der Waals surface area contributed by atoms with Crippen LogP contribution < -0.4 is 14.2 Å². The Labute approximate surface area is 214 Å². The van der Waals surface area contributed by atoms with Crippen LogP contribution in [0.3, 0.4) is 0 Å². The van der Waals surface area contributed by atoms with Gasteiger partial charge in [0, 0.05) is 36.6 Å². The topological polar surface area (TPSA) is 117 Å². The Morgan fingerprint density at radius 1 is 1.03 bits per heavy atom. The molecule has 5 atom stereocenters. The van der Waals surface area contributed by atoms with E-state index in [1.54, 1.807) is 58.6 Å². The van der Waals surface area contributed by atoms with Crippen molar-refractivity contribution in [1.82, 2.24) is 4.90 Å². The maximum atomic E-state index is 13.7. The molecular formula is C28H28N4O5. The smallest absolute Gasteiger partial charge is 0.228 e. The first-order chi connectivity index (χ1) is 17.8. The molecule has 190 valence electrons. The number of azide groups is 1. The van der Waals surface area contributed by atoms with Crippen molar-refractivity contribution in [2.45, 2.75) is 23.2 Å². The molecule has 3 aromatic rings. The molecule has 37 heavy (non-hydrogen) atoms. The molecule has 0 aromatic heterocycles. The Balaban J connectivity index is 1.91. The van der Waals surface area contributed by atoms with Crippen LogP contribution in [0.2, 0.25) is 0 Å². The lowest BCUT2D eigenvalue weighted by Gasteiger charge is -2.41. The summed E-state index contributed by atoms with van der Waals surface area (Å²) in [5.74, 6) is -0.391. The molecule has 1 aliphatic carbocycles. The number of rotatable bonds is 6. The summed E-state index contributed by atoms with van der Waals surface area (Å²) in [5.41, 5.74) is 8.68. The lowest BCUT2D eigenvalue weighted by molar-refractivity contribution is -0.137. The van der Waals surface area contributed by atoms with Crippen LogP contribution >= 0.6 is 0 Å². The molecule has 1 N–H and O–H groups in total. The van der Waals surface area contributed by atoms with Crippen LogP contribution in [0.1, 0.15) is 22.6 Å². The summed E-state index contributed by atoms with van der Waals surface area (Å²) in [6.45, 7) is 0. The summed E-state index contributed by atoms with van der Waals surface area (Å²) in [6.07, 6.45) is -1.40. The maximum absolute atomic E-state index is 13.7. The van der Waals surface area contributed by atoms with Crippen LogP contribution in [-0.2, 0) is 15.9 Å². The molecule has 3 aromatic carbocycles. The summed E-state index contributed by atoms with van der Waals surface area (Å²) >= 11 is 0. The molecule has 1 saturated carbocycles. The van der Waals surface area contributed by atoms with Crippen molar-refractivity contribution in [1.29, 1.82) is 0 Å².